The molecule has 0 atom stereocenters. The van der Waals surface area contributed by atoms with Crippen molar-refractivity contribution in [2.24, 2.45) is 0 Å². The lowest BCUT2D eigenvalue weighted by Crippen LogP contribution is -2.15. The molecule has 9 heteroatoms. The molecule has 6 nitrogen and oxygen atoms in total. The van der Waals surface area contributed by atoms with Gasteiger partial charge in [-0.1, -0.05) is 24.3 Å². The summed E-state index contributed by atoms with van der Waals surface area (Å²) in [7, 11) is 1.61. The smallest absolute Gasteiger partial charge is 0.380 e. The average Bonchev–Trinajstić information content (AvgIpc) is 3.02. The number of benzene rings is 1. The Morgan fingerprint density at radius 1 is 1.08 bits per heavy atom. The Kier molecular flexibility index (Phi) is 4.82. The van der Waals surface area contributed by atoms with Gasteiger partial charge in [0.05, 0.1) is 6.61 Å². The molecule has 0 radical (unpaired) electrons. The summed E-state index contributed by atoms with van der Waals surface area (Å²) in [6.07, 6.45) is -4.63. The van der Waals surface area contributed by atoms with Crippen LogP contribution in [0.4, 0.5) is 19.0 Å². The van der Waals surface area contributed by atoms with E-state index in [9.17, 15) is 13.2 Å². The molecular weight excluding hydrogens is 347 g/mol. The number of ether oxygens (including phenoxy) is 1. The summed E-state index contributed by atoms with van der Waals surface area (Å²) in [6, 6.07) is 7.68. The molecule has 138 valence electrons. The lowest BCUT2D eigenvalue weighted by atomic mass is 10.1. The van der Waals surface area contributed by atoms with Crippen LogP contribution in [0.3, 0.4) is 0 Å². The number of fused-ring (bicyclic) bond motifs is 1. The molecular formula is C17H18F3N5O. The van der Waals surface area contributed by atoms with Crippen LogP contribution < -0.4 is 5.32 Å². The second-order valence-corrected chi connectivity index (χ2v) is 5.91. The maximum absolute atomic E-state index is 13.1. The zero-order valence-electron chi connectivity index (χ0n) is 14.6. The van der Waals surface area contributed by atoms with E-state index < -0.39 is 12.0 Å². The number of aromatic nitrogens is 4. The minimum absolute atomic E-state index is 0.0974. The fourth-order valence-electron chi connectivity index (χ4n) is 2.68. The van der Waals surface area contributed by atoms with E-state index in [0.717, 1.165) is 21.2 Å². The fraction of sp³-hybridized carbons (Fsp3) is 0.353. The minimum atomic E-state index is -4.63. The summed E-state index contributed by atoms with van der Waals surface area (Å²) >= 11 is 0. The van der Waals surface area contributed by atoms with Crippen molar-refractivity contribution in [1.82, 2.24) is 19.8 Å². The number of alkyl halides is 3. The van der Waals surface area contributed by atoms with Gasteiger partial charge in [0.2, 0.25) is 0 Å². The standard InChI is InChI=1S/C17H18F3N5O/c1-10-11(2)15-22-23-16(17(18,19)20)25(15)24-14(10)21-8-12-6-4-5-7-13(12)9-26-3/h4-7H,8-9H2,1-3H3,(H,21,24). The Morgan fingerprint density at radius 2 is 1.77 bits per heavy atom. The Morgan fingerprint density at radius 3 is 2.42 bits per heavy atom. The Hall–Kier alpha value is -2.68. The monoisotopic (exact) mass is 365 g/mol. The Bertz CT molecular complexity index is 936. The van der Waals surface area contributed by atoms with E-state index in [1.165, 1.54) is 0 Å². The van der Waals surface area contributed by atoms with Gasteiger partial charge in [-0.25, -0.2) is 0 Å². The summed E-state index contributed by atoms with van der Waals surface area (Å²) in [4.78, 5) is 0. The number of rotatable bonds is 5. The molecule has 0 bridgehead atoms. The number of hydrogen-bond donors (Lipinski definition) is 1. The highest BCUT2D eigenvalue weighted by Gasteiger charge is 2.38. The topological polar surface area (TPSA) is 64.3 Å². The average molecular weight is 365 g/mol. The molecule has 0 saturated heterocycles. The summed E-state index contributed by atoms with van der Waals surface area (Å²) < 4.78 is 45.2. The van der Waals surface area contributed by atoms with Crippen LogP contribution in [0.1, 0.15) is 28.1 Å². The van der Waals surface area contributed by atoms with Gasteiger partial charge < -0.3 is 10.1 Å². The summed E-state index contributed by atoms with van der Waals surface area (Å²) in [6.45, 7) is 4.34. The predicted molar refractivity (Wildman–Crippen MR) is 89.7 cm³/mol. The predicted octanol–water partition coefficient (Wildman–Crippen LogP) is 3.52. The molecule has 0 spiro atoms. The van der Waals surface area contributed by atoms with E-state index in [-0.39, 0.29) is 5.65 Å². The van der Waals surface area contributed by atoms with Gasteiger partial charge in [0.25, 0.3) is 5.82 Å². The van der Waals surface area contributed by atoms with Gasteiger partial charge in [0.15, 0.2) is 11.5 Å². The summed E-state index contributed by atoms with van der Waals surface area (Å²) in [5.41, 5.74) is 3.39. The van der Waals surface area contributed by atoms with E-state index in [4.69, 9.17) is 4.74 Å². The third-order valence-corrected chi connectivity index (χ3v) is 4.21. The van der Waals surface area contributed by atoms with Crippen LogP contribution in [0, 0.1) is 13.8 Å². The molecule has 0 aliphatic rings. The Labute approximate surface area is 148 Å². The minimum Gasteiger partial charge on any atom is -0.380 e. The van der Waals surface area contributed by atoms with Crippen molar-refractivity contribution in [3.8, 4) is 0 Å². The second kappa shape index (κ2) is 6.91. The molecule has 0 amide bonds. The van der Waals surface area contributed by atoms with Gasteiger partial charge in [-0.15, -0.1) is 15.3 Å². The molecule has 0 aliphatic carbocycles. The SMILES string of the molecule is COCc1ccccc1CNc1nn2c(C(F)(F)F)nnc2c(C)c1C. The van der Waals surface area contributed by atoms with Gasteiger partial charge in [-0.05, 0) is 30.5 Å². The summed E-state index contributed by atoms with van der Waals surface area (Å²) in [5, 5.41) is 14.1. The number of nitrogens with zero attached hydrogens (tertiary/aromatic N) is 4. The number of nitrogens with one attached hydrogen (secondary N) is 1. The molecule has 2 heterocycles. The van der Waals surface area contributed by atoms with Crippen molar-refractivity contribution in [3.05, 3.63) is 52.3 Å². The highest BCUT2D eigenvalue weighted by atomic mass is 19.4. The van der Waals surface area contributed by atoms with Crippen LogP contribution in [0.5, 0.6) is 0 Å². The molecule has 0 aliphatic heterocycles. The first-order valence-corrected chi connectivity index (χ1v) is 7.92. The van der Waals surface area contributed by atoms with Crippen LogP contribution in [-0.4, -0.2) is 26.9 Å². The largest absolute Gasteiger partial charge is 0.453 e. The molecule has 2 aromatic heterocycles. The number of aryl methyl sites for hydroxylation is 1. The van der Waals surface area contributed by atoms with Crippen LogP contribution in [0.15, 0.2) is 24.3 Å². The van der Waals surface area contributed by atoms with Crippen molar-refractivity contribution in [1.29, 1.82) is 0 Å². The molecule has 0 unspecified atom stereocenters. The van der Waals surface area contributed by atoms with Crippen molar-refractivity contribution in [2.45, 2.75) is 33.2 Å². The van der Waals surface area contributed by atoms with E-state index in [0.29, 0.717) is 24.5 Å². The molecule has 1 N–H and O–H groups in total. The van der Waals surface area contributed by atoms with E-state index >= 15 is 0 Å². The first-order chi connectivity index (χ1) is 12.3. The molecule has 1 aromatic carbocycles. The van der Waals surface area contributed by atoms with Gasteiger partial charge in [-0.3, -0.25) is 0 Å². The first kappa shape index (κ1) is 18.1. The molecule has 26 heavy (non-hydrogen) atoms. The van der Waals surface area contributed by atoms with E-state index in [1.54, 1.807) is 21.0 Å². The maximum Gasteiger partial charge on any atom is 0.453 e. The van der Waals surface area contributed by atoms with E-state index in [2.05, 4.69) is 20.6 Å². The van der Waals surface area contributed by atoms with Crippen LogP contribution in [0.2, 0.25) is 0 Å². The number of anilines is 1. The highest BCUT2D eigenvalue weighted by Crippen LogP contribution is 2.29. The molecule has 3 aromatic rings. The lowest BCUT2D eigenvalue weighted by Gasteiger charge is -2.14. The highest BCUT2D eigenvalue weighted by molar-refractivity contribution is 5.58. The molecule has 0 fully saturated rings. The zero-order valence-corrected chi connectivity index (χ0v) is 14.6. The van der Waals surface area contributed by atoms with Crippen molar-refractivity contribution < 1.29 is 17.9 Å². The second-order valence-electron chi connectivity index (χ2n) is 5.91. The molecule has 0 saturated carbocycles. The van der Waals surface area contributed by atoms with Crippen LogP contribution in [-0.2, 0) is 24.1 Å². The van der Waals surface area contributed by atoms with Crippen molar-refractivity contribution in [3.63, 3.8) is 0 Å². The maximum atomic E-state index is 13.1. The quantitative estimate of drug-likeness (QED) is 0.750. The third kappa shape index (κ3) is 3.34. The van der Waals surface area contributed by atoms with Gasteiger partial charge in [0, 0.05) is 19.2 Å². The normalized spacial score (nSPS) is 11.9. The van der Waals surface area contributed by atoms with Crippen molar-refractivity contribution in [2.75, 3.05) is 12.4 Å². The van der Waals surface area contributed by atoms with Gasteiger partial charge >= 0.3 is 6.18 Å². The van der Waals surface area contributed by atoms with Crippen LogP contribution >= 0.6 is 0 Å². The zero-order chi connectivity index (χ0) is 18.9. The number of hydrogen-bond acceptors (Lipinski definition) is 5. The Balaban J connectivity index is 1.97. The van der Waals surface area contributed by atoms with Gasteiger partial charge in [-0.2, -0.15) is 17.7 Å². The fourth-order valence-corrected chi connectivity index (χ4v) is 2.68. The lowest BCUT2D eigenvalue weighted by molar-refractivity contribution is -0.146. The molecule has 3 rings (SSSR count). The first-order valence-electron chi connectivity index (χ1n) is 7.92. The van der Waals surface area contributed by atoms with Crippen molar-refractivity contribution >= 4 is 11.5 Å². The summed E-state index contributed by atoms with van der Waals surface area (Å²) in [5.74, 6) is -0.786. The van der Waals surface area contributed by atoms with E-state index in [1.807, 2.05) is 24.3 Å². The number of methoxy groups -OCH3 is 1. The van der Waals surface area contributed by atoms with Gasteiger partial charge in [0.1, 0.15) is 0 Å². The third-order valence-electron chi connectivity index (χ3n) is 4.21. The number of halogens is 3. The van der Waals surface area contributed by atoms with Crippen LogP contribution in [0.25, 0.3) is 5.65 Å².